The van der Waals surface area contributed by atoms with Crippen LogP contribution in [0.4, 0.5) is 39.5 Å². The minimum atomic E-state index is -4.96. The lowest BCUT2D eigenvalue weighted by Gasteiger charge is -2.32. The SMILES string of the molecule is Fc1ccc(C(N(Sc2c(F)c(F)c(F)c(F)c2F)C2CC2)C(F)(F)F)cc1. The predicted octanol–water partition coefficient (Wildman–Crippen LogP) is 6.30. The summed E-state index contributed by atoms with van der Waals surface area (Å²) >= 11 is -0.193. The number of nitrogens with zero attached hydrogens (tertiary/aromatic N) is 1. The van der Waals surface area contributed by atoms with Crippen molar-refractivity contribution in [2.24, 2.45) is 0 Å². The molecule has 2 aromatic carbocycles. The monoisotopic (exact) mass is 431 g/mol. The maximum absolute atomic E-state index is 14.0. The van der Waals surface area contributed by atoms with E-state index in [0.29, 0.717) is 4.31 Å². The Labute approximate surface area is 157 Å². The van der Waals surface area contributed by atoms with Crippen LogP contribution in [-0.4, -0.2) is 16.5 Å². The summed E-state index contributed by atoms with van der Waals surface area (Å²) in [4.78, 5) is -1.43. The molecule has 0 radical (unpaired) electrons. The smallest absolute Gasteiger partial charge is 0.227 e. The molecule has 1 nitrogen and oxygen atoms in total. The van der Waals surface area contributed by atoms with Gasteiger partial charge in [0.15, 0.2) is 23.3 Å². The second-order valence-corrected chi connectivity index (χ2v) is 7.09. The molecule has 152 valence electrons. The normalized spacial score (nSPS) is 15.9. The summed E-state index contributed by atoms with van der Waals surface area (Å²) in [5.41, 5.74) is -0.433. The van der Waals surface area contributed by atoms with Crippen LogP contribution in [0.2, 0.25) is 0 Å². The van der Waals surface area contributed by atoms with E-state index in [9.17, 15) is 39.5 Å². The number of halogens is 9. The van der Waals surface area contributed by atoms with Crippen molar-refractivity contribution >= 4 is 11.9 Å². The maximum atomic E-state index is 14.0. The number of rotatable bonds is 5. The third kappa shape index (κ3) is 3.95. The number of hydrogen-bond donors (Lipinski definition) is 0. The van der Waals surface area contributed by atoms with E-state index < -0.39 is 63.6 Å². The molecule has 0 N–H and O–H groups in total. The van der Waals surface area contributed by atoms with Crippen molar-refractivity contribution in [3.8, 4) is 0 Å². The van der Waals surface area contributed by atoms with Crippen LogP contribution in [0.15, 0.2) is 29.2 Å². The molecule has 1 aliphatic rings. The molecule has 28 heavy (non-hydrogen) atoms. The van der Waals surface area contributed by atoms with E-state index in [1.54, 1.807) is 0 Å². The van der Waals surface area contributed by atoms with E-state index in [4.69, 9.17) is 0 Å². The topological polar surface area (TPSA) is 3.24 Å². The third-order valence-electron chi connectivity index (χ3n) is 4.02. The first-order chi connectivity index (χ1) is 13.0. The molecule has 1 aliphatic carbocycles. The molecule has 0 saturated heterocycles. The van der Waals surface area contributed by atoms with E-state index in [2.05, 4.69) is 0 Å². The molecule has 1 unspecified atom stereocenters. The van der Waals surface area contributed by atoms with Crippen molar-refractivity contribution in [2.45, 2.75) is 36.0 Å². The molecule has 1 saturated carbocycles. The standard InChI is InChI=1S/C17H10F9NS/c18-8-3-1-7(2-4-8)16(17(24,25)26)27(9-5-6-9)28-15-13(22)11(20)10(19)12(21)14(15)23/h1-4,9,16H,5-6H2. The van der Waals surface area contributed by atoms with Gasteiger partial charge in [0.25, 0.3) is 0 Å². The lowest BCUT2D eigenvalue weighted by molar-refractivity contribution is -0.173. The van der Waals surface area contributed by atoms with Crippen LogP contribution in [0.3, 0.4) is 0 Å². The zero-order valence-corrected chi connectivity index (χ0v) is 14.5. The van der Waals surface area contributed by atoms with Crippen molar-refractivity contribution in [1.82, 2.24) is 4.31 Å². The average molecular weight is 431 g/mol. The summed E-state index contributed by atoms with van der Waals surface area (Å²) in [6.45, 7) is 0. The Bertz CT molecular complexity index is 849. The molecule has 1 atom stereocenters. The van der Waals surface area contributed by atoms with Crippen LogP contribution in [0, 0.1) is 34.9 Å². The highest BCUT2D eigenvalue weighted by Gasteiger charge is 2.50. The maximum Gasteiger partial charge on any atom is 0.408 e. The van der Waals surface area contributed by atoms with Gasteiger partial charge in [0, 0.05) is 6.04 Å². The first-order valence-electron chi connectivity index (χ1n) is 7.82. The Morgan fingerprint density at radius 1 is 0.786 bits per heavy atom. The van der Waals surface area contributed by atoms with Gasteiger partial charge in [0.2, 0.25) is 5.82 Å². The van der Waals surface area contributed by atoms with Gasteiger partial charge >= 0.3 is 6.18 Å². The fourth-order valence-electron chi connectivity index (χ4n) is 2.56. The van der Waals surface area contributed by atoms with Crippen molar-refractivity contribution < 1.29 is 39.5 Å². The molecule has 11 heteroatoms. The van der Waals surface area contributed by atoms with Crippen molar-refractivity contribution in [3.63, 3.8) is 0 Å². The molecule has 0 spiro atoms. The summed E-state index contributed by atoms with van der Waals surface area (Å²) in [6.07, 6.45) is -4.50. The fraction of sp³-hybridized carbons (Fsp3) is 0.294. The van der Waals surface area contributed by atoms with E-state index >= 15 is 0 Å². The summed E-state index contributed by atoms with van der Waals surface area (Å²) in [5.74, 6) is -12.1. The lowest BCUT2D eigenvalue weighted by atomic mass is 10.1. The van der Waals surface area contributed by atoms with Gasteiger partial charge in [-0.25, -0.2) is 30.6 Å². The lowest BCUT2D eigenvalue weighted by Crippen LogP contribution is -2.36. The van der Waals surface area contributed by atoms with Crippen molar-refractivity contribution in [1.29, 1.82) is 0 Å². The average Bonchev–Trinajstić information content (AvgIpc) is 3.46. The number of hydrogen-bond acceptors (Lipinski definition) is 2. The molecular weight excluding hydrogens is 421 g/mol. The largest absolute Gasteiger partial charge is 0.408 e. The molecule has 0 aromatic heterocycles. The van der Waals surface area contributed by atoms with Gasteiger partial charge in [0.05, 0.1) is 0 Å². The van der Waals surface area contributed by atoms with Crippen LogP contribution >= 0.6 is 11.9 Å². The molecule has 3 rings (SSSR count). The number of alkyl halides is 3. The van der Waals surface area contributed by atoms with Gasteiger partial charge in [-0.2, -0.15) is 13.2 Å². The summed E-state index contributed by atoms with van der Waals surface area (Å²) in [7, 11) is 0. The Hall–Kier alpha value is -1.88. The second-order valence-electron chi connectivity index (χ2n) is 6.08. The summed E-state index contributed by atoms with van der Waals surface area (Å²) < 4.78 is 123. The first kappa shape index (κ1) is 20.8. The molecule has 0 bridgehead atoms. The Balaban J connectivity index is 2.07. The van der Waals surface area contributed by atoms with E-state index in [-0.39, 0.29) is 24.8 Å². The van der Waals surface area contributed by atoms with Crippen LogP contribution in [0.1, 0.15) is 24.4 Å². The van der Waals surface area contributed by atoms with Crippen molar-refractivity contribution in [2.75, 3.05) is 0 Å². The van der Waals surface area contributed by atoms with Gasteiger partial charge < -0.3 is 0 Å². The van der Waals surface area contributed by atoms with Gasteiger partial charge in [-0.15, -0.1) is 0 Å². The predicted molar refractivity (Wildman–Crippen MR) is 82.1 cm³/mol. The molecule has 1 fully saturated rings. The highest BCUT2D eigenvalue weighted by molar-refractivity contribution is 7.97. The molecule has 0 heterocycles. The van der Waals surface area contributed by atoms with Crippen LogP contribution in [0.25, 0.3) is 0 Å². The van der Waals surface area contributed by atoms with Crippen molar-refractivity contribution in [3.05, 3.63) is 64.7 Å². The highest BCUT2D eigenvalue weighted by Crippen LogP contribution is 2.50. The van der Waals surface area contributed by atoms with Gasteiger partial charge in [-0.3, -0.25) is 0 Å². The van der Waals surface area contributed by atoms with E-state index in [1.807, 2.05) is 0 Å². The quantitative estimate of drug-likeness (QED) is 0.237. The summed E-state index contributed by atoms with van der Waals surface area (Å²) in [5, 5.41) is 0. The Morgan fingerprint density at radius 3 is 1.68 bits per heavy atom. The van der Waals surface area contributed by atoms with Gasteiger partial charge in [-0.1, -0.05) is 12.1 Å². The van der Waals surface area contributed by atoms with E-state index in [1.165, 1.54) is 0 Å². The van der Waals surface area contributed by atoms with Crippen LogP contribution in [-0.2, 0) is 0 Å². The van der Waals surface area contributed by atoms with Gasteiger partial charge in [0.1, 0.15) is 16.8 Å². The third-order valence-corrected chi connectivity index (χ3v) is 5.28. The zero-order chi connectivity index (χ0) is 20.8. The molecule has 0 amide bonds. The zero-order valence-electron chi connectivity index (χ0n) is 13.6. The molecular formula is C17H10F9NS. The molecule has 2 aromatic rings. The van der Waals surface area contributed by atoms with Crippen LogP contribution < -0.4 is 0 Å². The second kappa shape index (κ2) is 7.51. The minimum Gasteiger partial charge on any atom is -0.227 e. The number of benzene rings is 2. The fourth-order valence-corrected chi connectivity index (χ4v) is 3.82. The highest BCUT2D eigenvalue weighted by atomic mass is 32.2. The first-order valence-corrected chi connectivity index (χ1v) is 8.59. The van der Waals surface area contributed by atoms with Crippen LogP contribution in [0.5, 0.6) is 0 Å². The van der Waals surface area contributed by atoms with E-state index in [0.717, 1.165) is 24.3 Å². The minimum absolute atomic E-state index is 0.193. The molecule has 0 aliphatic heterocycles. The summed E-state index contributed by atoms with van der Waals surface area (Å²) in [6, 6.07) is 0.00574. The Kier molecular flexibility index (Phi) is 5.59. The van der Waals surface area contributed by atoms with Gasteiger partial charge in [-0.05, 0) is 42.5 Å². The Morgan fingerprint density at radius 2 is 1.25 bits per heavy atom.